The number of methoxy groups -OCH3 is 1. The lowest BCUT2D eigenvalue weighted by molar-refractivity contribution is -0.130. The molecule has 2 aromatic carbocycles. The number of nitrogens with two attached hydrogens (primary N) is 1. The summed E-state index contributed by atoms with van der Waals surface area (Å²) >= 11 is 0. The predicted octanol–water partition coefficient (Wildman–Crippen LogP) is 5.16. The predicted molar refractivity (Wildman–Crippen MR) is 195 cm³/mol. The van der Waals surface area contributed by atoms with E-state index in [0.29, 0.717) is 38.4 Å². The van der Waals surface area contributed by atoms with Crippen LogP contribution in [0.2, 0.25) is 0 Å². The molecule has 0 spiro atoms. The van der Waals surface area contributed by atoms with Gasteiger partial charge in [-0.05, 0) is 60.9 Å². The highest BCUT2D eigenvalue weighted by Gasteiger charge is 2.44. The zero-order chi connectivity index (χ0) is 35.8. The third-order valence-corrected chi connectivity index (χ3v) is 9.12. The number of nitrogens with one attached hydrogen (secondary N) is 1. The molecule has 10 nitrogen and oxygen atoms in total. The van der Waals surface area contributed by atoms with Gasteiger partial charge in [0.2, 0.25) is 11.8 Å². The van der Waals surface area contributed by atoms with Crippen LogP contribution in [0, 0.1) is 12.3 Å². The fraction of sp³-hybridized carbons (Fsp3) is 0.400. The number of ether oxygens (including phenoxy) is 1. The first kappa shape index (κ1) is 36.5. The number of aromatic nitrogens is 2. The number of aryl methyl sites for hydroxylation is 1. The number of hydrogen-bond acceptors (Lipinski definition) is 7. The SMILES string of the molecule is COc1cccc(-c2ccc(C[C@H](N)C[C@@H](O)[C@H](Cc3ccccc3)NC(=O)[C@@H](N3CCN(Cc4cccc(C)n4)C3=O)C(C)(C)C)cc2)n1. The molecule has 3 amide bonds. The van der Waals surface area contributed by atoms with E-state index in [4.69, 9.17) is 10.5 Å². The molecular weight excluding hydrogens is 628 g/mol. The van der Waals surface area contributed by atoms with E-state index in [0.717, 1.165) is 33.8 Å². The minimum atomic E-state index is -0.923. The molecule has 50 heavy (non-hydrogen) atoms. The Labute approximate surface area is 295 Å². The number of aliphatic hydroxyl groups excluding tert-OH is 1. The summed E-state index contributed by atoms with van der Waals surface area (Å²) in [6.07, 6.45) is 0.316. The molecule has 5 rings (SSSR count). The lowest BCUT2D eigenvalue weighted by Gasteiger charge is -2.38. The van der Waals surface area contributed by atoms with Crippen molar-refractivity contribution < 1.29 is 19.4 Å². The van der Waals surface area contributed by atoms with Gasteiger partial charge in [0.1, 0.15) is 6.04 Å². The van der Waals surface area contributed by atoms with Gasteiger partial charge in [-0.2, -0.15) is 0 Å². The van der Waals surface area contributed by atoms with Gasteiger partial charge in [-0.25, -0.2) is 9.78 Å². The quantitative estimate of drug-likeness (QED) is 0.168. The highest BCUT2D eigenvalue weighted by Crippen LogP contribution is 2.29. The highest BCUT2D eigenvalue weighted by atomic mass is 16.5. The highest BCUT2D eigenvalue weighted by molar-refractivity contribution is 5.89. The van der Waals surface area contributed by atoms with E-state index in [1.807, 2.05) is 119 Å². The summed E-state index contributed by atoms with van der Waals surface area (Å²) in [6, 6.07) is 27.3. The molecule has 264 valence electrons. The van der Waals surface area contributed by atoms with E-state index in [1.54, 1.807) is 16.9 Å². The normalized spacial score (nSPS) is 15.8. The van der Waals surface area contributed by atoms with E-state index in [2.05, 4.69) is 15.3 Å². The van der Waals surface area contributed by atoms with Gasteiger partial charge in [-0.1, -0.05) is 87.5 Å². The van der Waals surface area contributed by atoms with Crippen molar-refractivity contribution in [2.75, 3.05) is 20.2 Å². The minimum absolute atomic E-state index is 0.196. The fourth-order valence-corrected chi connectivity index (χ4v) is 6.65. The van der Waals surface area contributed by atoms with Crippen LogP contribution in [0.4, 0.5) is 4.79 Å². The van der Waals surface area contributed by atoms with Gasteiger partial charge in [-0.15, -0.1) is 0 Å². The summed E-state index contributed by atoms with van der Waals surface area (Å²) in [5.74, 6) is 0.259. The van der Waals surface area contributed by atoms with Crippen molar-refractivity contribution in [1.29, 1.82) is 0 Å². The third-order valence-electron chi connectivity index (χ3n) is 9.12. The fourth-order valence-electron chi connectivity index (χ4n) is 6.65. The van der Waals surface area contributed by atoms with Crippen molar-refractivity contribution in [3.8, 4) is 17.1 Å². The first-order chi connectivity index (χ1) is 23.9. The Kier molecular flexibility index (Phi) is 11.9. The molecule has 1 fully saturated rings. The number of nitrogens with zero attached hydrogens (tertiary/aromatic N) is 4. The zero-order valence-corrected chi connectivity index (χ0v) is 29.8. The third kappa shape index (κ3) is 9.46. The van der Waals surface area contributed by atoms with Crippen LogP contribution >= 0.6 is 0 Å². The monoisotopic (exact) mass is 678 g/mol. The van der Waals surface area contributed by atoms with Crippen LogP contribution in [0.15, 0.2) is 91.0 Å². The minimum Gasteiger partial charge on any atom is -0.481 e. The molecule has 0 radical (unpaired) electrons. The van der Waals surface area contributed by atoms with Crippen molar-refractivity contribution in [3.63, 3.8) is 0 Å². The number of benzene rings is 2. The van der Waals surface area contributed by atoms with Crippen molar-refractivity contribution >= 4 is 11.9 Å². The molecule has 1 aliphatic rings. The summed E-state index contributed by atoms with van der Waals surface area (Å²) in [5.41, 5.74) is 11.6. The van der Waals surface area contributed by atoms with Crippen LogP contribution < -0.4 is 15.8 Å². The second-order valence-electron chi connectivity index (χ2n) is 14.3. The van der Waals surface area contributed by atoms with Crippen molar-refractivity contribution in [2.45, 2.75) is 77.7 Å². The van der Waals surface area contributed by atoms with E-state index in [1.165, 1.54) is 0 Å². The molecule has 0 bridgehead atoms. The Morgan fingerprint density at radius 2 is 1.62 bits per heavy atom. The molecule has 1 saturated heterocycles. The first-order valence-electron chi connectivity index (χ1n) is 17.3. The molecule has 10 heteroatoms. The number of aliphatic hydroxyl groups is 1. The summed E-state index contributed by atoms with van der Waals surface area (Å²) < 4.78 is 5.26. The van der Waals surface area contributed by atoms with Crippen LogP contribution in [0.25, 0.3) is 11.3 Å². The number of amides is 3. The maximum atomic E-state index is 14.2. The topological polar surface area (TPSA) is 134 Å². The molecule has 0 saturated carbocycles. The smallest absolute Gasteiger partial charge is 0.321 e. The Hall–Kier alpha value is -4.80. The molecular formula is C40H50N6O4. The molecule has 1 aliphatic heterocycles. The average molecular weight is 679 g/mol. The van der Waals surface area contributed by atoms with E-state index in [9.17, 15) is 14.7 Å². The van der Waals surface area contributed by atoms with Gasteiger partial charge < -0.3 is 30.7 Å². The van der Waals surface area contributed by atoms with Crippen LogP contribution in [-0.2, 0) is 24.2 Å². The second kappa shape index (κ2) is 16.3. The zero-order valence-electron chi connectivity index (χ0n) is 29.8. The van der Waals surface area contributed by atoms with Gasteiger partial charge in [-0.3, -0.25) is 9.78 Å². The maximum Gasteiger partial charge on any atom is 0.321 e. The largest absolute Gasteiger partial charge is 0.481 e. The first-order valence-corrected chi connectivity index (χ1v) is 17.3. The Balaban J connectivity index is 1.27. The van der Waals surface area contributed by atoms with E-state index >= 15 is 0 Å². The van der Waals surface area contributed by atoms with Gasteiger partial charge >= 0.3 is 6.03 Å². The lowest BCUT2D eigenvalue weighted by atomic mass is 9.84. The Morgan fingerprint density at radius 1 is 0.920 bits per heavy atom. The standard InChI is InChI=1S/C40H50N6O4/c1-27-11-9-14-32(42-27)26-45-21-22-46(39(45)49)37(40(2,3)4)38(48)44-34(24-28-12-7-6-8-13-28)35(47)25-31(41)23-29-17-19-30(20-18-29)33-15-10-16-36(43-33)50-5/h6-20,31,34-35,37,47H,21-26,41H2,1-5H3,(H,44,48)/t31-,34-,35+,37+/m0/s1. The number of carbonyl (C=O) groups is 2. The second-order valence-corrected chi connectivity index (χ2v) is 14.3. The summed E-state index contributed by atoms with van der Waals surface area (Å²) in [6.45, 7) is 9.10. The van der Waals surface area contributed by atoms with Gasteiger partial charge in [0.15, 0.2) is 0 Å². The Bertz CT molecular complexity index is 1730. The average Bonchev–Trinajstić information content (AvgIpc) is 3.42. The molecule has 0 aliphatic carbocycles. The maximum absolute atomic E-state index is 14.2. The van der Waals surface area contributed by atoms with Gasteiger partial charge in [0.25, 0.3) is 0 Å². The summed E-state index contributed by atoms with van der Waals surface area (Å²) in [7, 11) is 1.59. The number of rotatable bonds is 14. The summed E-state index contributed by atoms with van der Waals surface area (Å²) in [4.78, 5) is 40.4. The van der Waals surface area contributed by atoms with Crippen molar-refractivity contribution in [2.24, 2.45) is 11.1 Å². The molecule has 0 unspecified atom stereocenters. The molecule has 2 aromatic heterocycles. The number of pyridine rings is 2. The molecule has 3 heterocycles. The Morgan fingerprint density at radius 3 is 2.30 bits per heavy atom. The van der Waals surface area contributed by atoms with Crippen molar-refractivity contribution in [1.82, 2.24) is 25.1 Å². The molecule has 4 aromatic rings. The van der Waals surface area contributed by atoms with Crippen LogP contribution in [-0.4, -0.2) is 81.2 Å². The van der Waals surface area contributed by atoms with Crippen molar-refractivity contribution in [3.05, 3.63) is 114 Å². The molecule has 4 atom stereocenters. The van der Waals surface area contributed by atoms with Crippen LogP contribution in [0.1, 0.15) is 49.7 Å². The number of urea groups is 1. The molecule has 4 N–H and O–H groups in total. The van der Waals surface area contributed by atoms with Crippen LogP contribution in [0.5, 0.6) is 5.88 Å². The van der Waals surface area contributed by atoms with Gasteiger partial charge in [0, 0.05) is 36.5 Å². The lowest BCUT2D eigenvalue weighted by Crippen LogP contribution is -2.58. The number of hydrogen-bond donors (Lipinski definition) is 3. The van der Waals surface area contributed by atoms with E-state index in [-0.39, 0.29) is 24.4 Å². The van der Waals surface area contributed by atoms with E-state index < -0.39 is 23.6 Å². The number of carbonyl (C=O) groups excluding carboxylic acids is 2. The van der Waals surface area contributed by atoms with Gasteiger partial charge in [0.05, 0.1) is 37.2 Å². The summed E-state index contributed by atoms with van der Waals surface area (Å²) in [5, 5.41) is 14.8. The van der Waals surface area contributed by atoms with Crippen LogP contribution in [0.3, 0.4) is 0 Å².